The summed E-state index contributed by atoms with van der Waals surface area (Å²) in [4.78, 5) is 20.1. The molecule has 0 fully saturated rings. The summed E-state index contributed by atoms with van der Waals surface area (Å²) in [7, 11) is 0. The van der Waals surface area contributed by atoms with Crippen LogP contribution in [0.15, 0.2) is 54.7 Å². The number of hydrogen-bond donors (Lipinski definition) is 2. The van der Waals surface area contributed by atoms with E-state index in [1.54, 1.807) is 24.4 Å². The molecule has 0 aliphatic heterocycles. The molecule has 0 radical (unpaired) electrons. The molecule has 0 atom stereocenters. The minimum atomic E-state index is -0.146. The molecule has 2 aromatic carbocycles. The van der Waals surface area contributed by atoms with Crippen LogP contribution >= 0.6 is 0 Å². The van der Waals surface area contributed by atoms with Crippen LogP contribution in [0.1, 0.15) is 29.9 Å². The van der Waals surface area contributed by atoms with Gasteiger partial charge in [0.2, 0.25) is 0 Å². The molecule has 6 nitrogen and oxygen atoms in total. The molecule has 3 aromatic rings. The van der Waals surface area contributed by atoms with Crippen molar-refractivity contribution in [3.63, 3.8) is 0 Å². The number of nitrogens with one attached hydrogen (secondary N) is 2. The van der Waals surface area contributed by atoms with Gasteiger partial charge in [-0.3, -0.25) is 4.79 Å². The molecule has 146 valence electrons. The van der Waals surface area contributed by atoms with E-state index in [9.17, 15) is 4.79 Å². The number of amides is 1. The van der Waals surface area contributed by atoms with E-state index in [0.717, 1.165) is 17.1 Å². The summed E-state index contributed by atoms with van der Waals surface area (Å²) in [6.07, 6.45) is 2.47. The quantitative estimate of drug-likeness (QED) is 0.592. The topological polar surface area (TPSA) is 76.2 Å². The Labute approximate surface area is 164 Å². The van der Waals surface area contributed by atoms with E-state index in [-0.39, 0.29) is 5.91 Å². The monoisotopic (exact) mass is 379 g/mol. The van der Waals surface area contributed by atoms with Gasteiger partial charge < -0.3 is 19.8 Å². The summed E-state index contributed by atoms with van der Waals surface area (Å²) < 4.78 is 11.1. The Kier molecular flexibility index (Phi) is 6.68. The van der Waals surface area contributed by atoms with Gasteiger partial charge in [0.05, 0.1) is 13.2 Å². The highest BCUT2D eigenvalue weighted by Crippen LogP contribution is 2.28. The molecule has 1 aromatic heterocycles. The number of nitrogens with zero attached hydrogens (tertiary/aromatic N) is 1. The van der Waals surface area contributed by atoms with Crippen LogP contribution in [0.5, 0.6) is 11.5 Å². The van der Waals surface area contributed by atoms with Crippen molar-refractivity contribution >= 4 is 5.91 Å². The van der Waals surface area contributed by atoms with Gasteiger partial charge in [0, 0.05) is 36.0 Å². The molecular weight excluding hydrogens is 354 g/mol. The zero-order chi connectivity index (χ0) is 19.8. The minimum Gasteiger partial charge on any atom is -0.490 e. The van der Waals surface area contributed by atoms with E-state index >= 15 is 0 Å². The Balaban J connectivity index is 1.57. The Morgan fingerprint density at radius 2 is 1.79 bits per heavy atom. The fourth-order valence-electron chi connectivity index (χ4n) is 2.83. The molecule has 0 aliphatic carbocycles. The molecule has 0 unspecified atom stereocenters. The molecule has 0 bridgehead atoms. The van der Waals surface area contributed by atoms with Crippen LogP contribution in [0, 0.1) is 0 Å². The first-order chi connectivity index (χ1) is 13.7. The molecule has 6 heteroatoms. The molecule has 1 amide bonds. The lowest BCUT2D eigenvalue weighted by Gasteiger charge is -2.12. The zero-order valence-electron chi connectivity index (χ0n) is 16.2. The highest BCUT2D eigenvalue weighted by molar-refractivity contribution is 5.94. The average molecular weight is 379 g/mol. The molecule has 0 saturated carbocycles. The normalized spacial score (nSPS) is 10.5. The van der Waals surface area contributed by atoms with E-state index in [1.807, 2.05) is 44.2 Å². The largest absolute Gasteiger partial charge is 0.490 e. The van der Waals surface area contributed by atoms with Crippen molar-refractivity contribution in [2.45, 2.75) is 20.3 Å². The summed E-state index contributed by atoms with van der Waals surface area (Å²) >= 11 is 0. The molecular formula is C22H25N3O3. The SMILES string of the molecule is CCOc1ccc(C(=O)NCCc2cnc(-c3ccccc3)[nH]2)cc1OCC. The van der Waals surface area contributed by atoms with Crippen LogP contribution in [0.4, 0.5) is 0 Å². The van der Waals surface area contributed by atoms with Crippen LogP contribution in [-0.2, 0) is 6.42 Å². The van der Waals surface area contributed by atoms with Crippen LogP contribution in [0.3, 0.4) is 0 Å². The first-order valence-electron chi connectivity index (χ1n) is 9.48. The van der Waals surface area contributed by atoms with E-state index in [1.165, 1.54) is 0 Å². The van der Waals surface area contributed by atoms with Crippen LogP contribution in [0.25, 0.3) is 11.4 Å². The Bertz CT molecular complexity index is 906. The number of carbonyl (C=O) groups excluding carboxylic acids is 1. The zero-order valence-corrected chi connectivity index (χ0v) is 16.2. The standard InChI is InChI=1S/C22H25N3O3/c1-3-27-19-11-10-17(14-20(19)28-4-2)22(26)23-13-12-18-15-24-21(25-18)16-8-6-5-7-9-16/h5-11,14-15H,3-4,12-13H2,1-2H3,(H,23,26)(H,24,25). The maximum Gasteiger partial charge on any atom is 0.251 e. The third kappa shape index (κ3) is 4.91. The van der Waals surface area contributed by atoms with Crippen molar-refractivity contribution in [1.82, 2.24) is 15.3 Å². The number of benzene rings is 2. The lowest BCUT2D eigenvalue weighted by atomic mass is 10.2. The van der Waals surface area contributed by atoms with Crippen molar-refractivity contribution in [3.8, 4) is 22.9 Å². The molecule has 3 rings (SSSR count). The average Bonchev–Trinajstić information content (AvgIpc) is 3.19. The molecule has 2 N–H and O–H groups in total. The fourth-order valence-corrected chi connectivity index (χ4v) is 2.83. The van der Waals surface area contributed by atoms with Crippen molar-refractivity contribution < 1.29 is 14.3 Å². The van der Waals surface area contributed by atoms with Gasteiger partial charge in [-0.05, 0) is 32.0 Å². The van der Waals surface area contributed by atoms with Gasteiger partial charge in [-0.15, -0.1) is 0 Å². The minimum absolute atomic E-state index is 0.146. The maximum absolute atomic E-state index is 12.5. The first-order valence-corrected chi connectivity index (χ1v) is 9.48. The highest BCUT2D eigenvalue weighted by Gasteiger charge is 2.11. The fraction of sp³-hybridized carbons (Fsp3) is 0.273. The number of hydrogen-bond acceptors (Lipinski definition) is 4. The second-order valence-electron chi connectivity index (χ2n) is 6.16. The summed E-state index contributed by atoms with van der Waals surface area (Å²) in [5.41, 5.74) is 2.55. The van der Waals surface area contributed by atoms with Gasteiger partial charge in [0.1, 0.15) is 5.82 Å². The molecule has 0 spiro atoms. The first kappa shape index (κ1) is 19.5. The lowest BCUT2D eigenvalue weighted by molar-refractivity contribution is 0.0953. The Morgan fingerprint density at radius 1 is 1.04 bits per heavy atom. The summed E-state index contributed by atoms with van der Waals surface area (Å²) in [6.45, 7) is 5.37. The number of ether oxygens (including phenoxy) is 2. The summed E-state index contributed by atoms with van der Waals surface area (Å²) in [5, 5.41) is 2.93. The van der Waals surface area contributed by atoms with E-state index in [0.29, 0.717) is 43.2 Å². The third-order valence-corrected chi connectivity index (χ3v) is 4.16. The van der Waals surface area contributed by atoms with E-state index in [2.05, 4.69) is 15.3 Å². The number of aromatic amines is 1. The van der Waals surface area contributed by atoms with Gasteiger partial charge in [0.25, 0.3) is 5.91 Å². The summed E-state index contributed by atoms with van der Waals surface area (Å²) in [5.74, 6) is 1.91. The number of carbonyl (C=O) groups is 1. The third-order valence-electron chi connectivity index (χ3n) is 4.16. The Hall–Kier alpha value is -3.28. The van der Waals surface area contributed by atoms with Gasteiger partial charge >= 0.3 is 0 Å². The van der Waals surface area contributed by atoms with Crippen molar-refractivity contribution in [3.05, 3.63) is 66.0 Å². The van der Waals surface area contributed by atoms with Crippen molar-refractivity contribution in [1.29, 1.82) is 0 Å². The van der Waals surface area contributed by atoms with Crippen LogP contribution in [0.2, 0.25) is 0 Å². The molecule has 1 heterocycles. The second kappa shape index (κ2) is 9.60. The maximum atomic E-state index is 12.5. The van der Waals surface area contributed by atoms with Crippen molar-refractivity contribution in [2.24, 2.45) is 0 Å². The van der Waals surface area contributed by atoms with Gasteiger partial charge in [-0.2, -0.15) is 0 Å². The lowest BCUT2D eigenvalue weighted by Crippen LogP contribution is -2.25. The molecule has 0 saturated heterocycles. The van der Waals surface area contributed by atoms with E-state index < -0.39 is 0 Å². The predicted octanol–water partition coefficient (Wildman–Crippen LogP) is 3.85. The number of rotatable bonds is 9. The number of H-pyrrole nitrogens is 1. The number of imidazole rings is 1. The van der Waals surface area contributed by atoms with E-state index in [4.69, 9.17) is 9.47 Å². The highest BCUT2D eigenvalue weighted by atomic mass is 16.5. The molecule has 0 aliphatic rings. The van der Waals surface area contributed by atoms with Gasteiger partial charge in [-0.1, -0.05) is 30.3 Å². The smallest absolute Gasteiger partial charge is 0.251 e. The van der Waals surface area contributed by atoms with Crippen molar-refractivity contribution in [2.75, 3.05) is 19.8 Å². The van der Waals surface area contributed by atoms with Crippen LogP contribution < -0.4 is 14.8 Å². The van der Waals surface area contributed by atoms with Crippen LogP contribution in [-0.4, -0.2) is 35.6 Å². The molecule has 28 heavy (non-hydrogen) atoms. The second-order valence-corrected chi connectivity index (χ2v) is 6.16. The number of aromatic nitrogens is 2. The summed E-state index contributed by atoms with van der Waals surface area (Å²) in [6, 6.07) is 15.2. The Morgan fingerprint density at radius 3 is 2.54 bits per heavy atom. The van der Waals surface area contributed by atoms with Gasteiger partial charge in [0.15, 0.2) is 11.5 Å². The van der Waals surface area contributed by atoms with Gasteiger partial charge in [-0.25, -0.2) is 4.98 Å². The predicted molar refractivity (Wildman–Crippen MR) is 109 cm³/mol.